The summed E-state index contributed by atoms with van der Waals surface area (Å²) in [5.41, 5.74) is 1.15. The molecule has 0 aliphatic rings. The summed E-state index contributed by atoms with van der Waals surface area (Å²) >= 11 is 0. The van der Waals surface area contributed by atoms with Crippen molar-refractivity contribution in [3.05, 3.63) is 47.7 Å². The molecule has 19 heavy (non-hydrogen) atoms. The number of aromatic nitrogens is 1. The zero-order valence-electron chi connectivity index (χ0n) is 10.7. The quantitative estimate of drug-likeness (QED) is 0.886. The molecular weight excluding hydrogens is 244 g/mol. The third kappa shape index (κ3) is 3.01. The zero-order valence-corrected chi connectivity index (χ0v) is 10.7. The first kappa shape index (κ1) is 12.9. The standard InChI is InChI=1S/C14H14N2O3/c1-9-4-3-5-13(15-9)16-14(18)10-6-7-12(19-2)11(17)8-10/h3-8,17H,1-2H3,(H,15,16,18). The molecule has 1 heterocycles. The van der Waals surface area contributed by atoms with E-state index in [9.17, 15) is 9.90 Å². The number of hydrogen-bond donors (Lipinski definition) is 2. The van der Waals surface area contributed by atoms with E-state index in [0.29, 0.717) is 17.1 Å². The van der Waals surface area contributed by atoms with Gasteiger partial charge < -0.3 is 15.2 Å². The normalized spacial score (nSPS) is 10.0. The Morgan fingerprint density at radius 1 is 1.32 bits per heavy atom. The minimum absolute atomic E-state index is 0.0765. The number of pyridine rings is 1. The van der Waals surface area contributed by atoms with Crippen molar-refractivity contribution in [1.82, 2.24) is 4.98 Å². The van der Waals surface area contributed by atoms with E-state index in [-0.39, 0.29) is 11.7 Å². The molecule has 0 bridgehead atoms. The maximum absolute atomic E-state index is 12.0. The number of hydrogen-bond acceptors (Lipinski definition) is 4. The van der Waals surface area contributed by atoms with Gasteiger partial charge in [0.15, 0.2) is 11.5 Å². The molecule has 2 N–H and O–H groups in total. The third-order valence-electron chi connectivity index (χ3n) is 2.57. The molecule has 0 saturated carbocycles. The summed E-state index contributed by atoms with van der Waals surface area (Å²) in [5.74, 6) is 0.383. The number of carbonyl (C=O) groups excluding carboxylic acids is 1. The van der Waals surface area contributed by atoms with Crippen molar-refractivity contribution >= 4 is 11.7 Å². The van der Waals surface area contributed by atoms with Crippen LogP contribution < -0.4 is 10.1 Å². The number of anilines is 1. The van der Waals surface area contributed by atoms with E-state index in [1.807, 2.05) is 19.1 Å². The lowest BCUT2D eigenvalue weighted by Gasteiger charge is -2.07. The number of methoxy groups -OCH3 is 1. The molecule has 0 saturated heterocycles. The van der Waals surface area contributed by atoms with Crippen LogP contribution in [0.2, 0.25) is 0 Å². The van der Waals surface area contributed by atoms with E-state index in [1.54, 1.807) is 12.1 Å². The van der Waals surface area contributed by atoms with Crippen LogP contribution in [0.3, 0.4) is 0 Å². The molecule has 5 heteroatoms. The summed E-state index contributed by atoms with van der Waals surface area (Å²) in [5, 5.41) is 12.3. The molecule has 0 unspecified atom stereocenters. The fraction of sp³-hybridized carbons (Fsp3) is 0.143. The number of aryl methyl sites for hydroxylation is 1. The molecule has 2 aromatic rings. The predicted molar refractivity (Wildman–Crippen MR) is 71.6 cm³/mol. The highest BCUT2D eigenvalue weighted by molar-refractivity contribution is 6.04. The largest absolute Gasteiger partial charge is 0.504 e. The number of phenols is 1. The first-order valence-electron chi connectivity index (χ1n) is 5.72. The van der Waals surface area contributed by atoms with Crippen molar-refractivity contribution in [1.29, 1.82) is 0 Å². The second kappa shape index (κ2) is 5.39. The topological polar surface area (TPSA) is 71.5 Å². The Labute approximate surface area is 110 Å². The summed E-state index contributed by atoms with van der Waals surface area (Å²) in [6, 6.07) is 9.81. The van der Waals surface area contributed by atoms with Crippen molar-refractivity contribution in [2.24, 2.45) is 0 Å². The fourth-order valence-corrected chi connectivity index (χ4v) is 1.63. The predicted octanol–water partition coefficient (Wildman–Crippen LogP) is 2.36. The van der Waals surface area contributed by atoms with Crippen LogP contribution in [0, 0.1) is 6.92 Å². The van der Waals surface area contributed by atoms with Crippen LogP contribution in [-0.2, 0) is 0 Å². The molecule has 0 fully saturated rings. The Morgan fingerprint density at radius 2 is 2.11 bits per heavy atom. The highest BCUT2D eigenvalue weighted by atomic mass is 16.5. The fourth-order valence-electron chi connectivity index (χ4n) is 1.63. The average molecular weight is 258 g/mol. The van der Waals surface area contributed by atoms with E-state index in [1.165, 1.54) is 19.2 Å². The van der Waals surface area contributed by atoms with Gasteiger partial charge in [-0.25, -0.2) is 4.98 Å². The number of phenolic OH excluding ortho intramolecular Hbond substituents is 1. The lowest BCUT2D eigenvalue weighted by Crippen LogP contribution is -2.13. The van der Waals surface area contributed by atoms with E-state index in [2.05, 4.69) is 10.3 Å². The Morgan fingerprint density at radius 3 is 2.74 bits per heavy atom. The van der Waals surface area contributed by atoms with Crippen LogP contribution in [0.1, 0.15) is 16.1 Å². The summed E-state index contributed by atoms with van der Waals surface area (Å²) in [7, 11) is 1.45. The highest BCUT2D eigenvalue weighted by Gasteiger charge is 2.10. The molecule has 1 aromatic heterocycles. The van der Waals surface area contributed by atoms with Crippen LogP contribution in [0.4, 0.5) is 5.82 Å². The molecule has 0 aliphatic heterocycles. The lowest BCUT2D eigenvalue weighted by atomic mass is 10.2. The molecule has 0 radical (unpaired) electrons. The number of benzene rings is 1. The van der Waals surface area contributed by atoms with E-state index < -0.39 is 0 Å². The minimum Gasteiger partial charge on any atom is -0.504 e. The lowest BCUT2D eigenvalue weighted by molar-refractivity contribution is 0.102. The van der Waals surface area contributed by atoms with Crippen molar-refractivity contribution in [2.75, 3.05) is 12.4 Å². The van der Waals surface area contributed by atoms with E-state index in [0.717, 1.165) is 5.69 Å². The smallest absolute Gasteiger partial charge is 0.256 e. The van der Waals surface area contributed by atoms with Gasteiger partial charge in [-0.1, -0.05) is 6.07 Å². The molecule has 98 valence electrons. The monoisotopic (exact) mass is 258 g/mol. The van der Waals surface area contributed by atoms with E-state index >= 15 is 0 Å². The van der Waals surface area contributed by atoms with Gasteiger partial charge >= 0.3 is 0 Å². The average Bonchev–Trinajstić information content (AvgIpc) is 2.38. The van der Waals surface area contributed by atoms with Crippen molar-refractivity contribution in [3.8, 4) is 11.5 Å². The van der Waals surface area contributed by atoms with Gasteiger partial charge in [-0.05, 0) is 37.3 Å². The number of amides is 1. The summed E-state index contributed by atoms with van der Waals surface area (Å²) < 4.78 is 4.92. The molecule has 5 nitrogen and oxygen atoms in total. The van der Waals surface area contributed by atoms with Gasteiger partial charge in [0.25, 0.3) is 5.91 Å². The molecule has 1 aromatic carbocycles. The maximum Gasteiger partial charge on any atom is 0.256 e. The molecule has 0 spiro atoms. The van der Waals surface area contributed by atoms with Gasteiger partial charge in [0.05, 0.1) is 7.11 Å². The van der Waals surface area contributed by atoms with Crippen LogP contribution >= 0.6 is 0 Å². The van der Waals surface area contributed by atoms with Crippen LogP contribution in [0.25, 0.3) is 0 Å². The maximum atomic E-state index is 12.0. The van der Waals surface area contributed by atoms with Gasteiger partial charge in [-0.15, -0.1) is 0 Å². The Bertz CT molecular complexity index is 611. The third-order valence-corrected chi connectivity index (χ3v) is 2.57. The molecule has 1 amide bonds. The molecule has 0 atom stereocenters. The second-order valence-corrected chi connectivity index (χ2v) is 4.00. The number of ether oxygens (including phenoxy) is 1. The number of rotatable bonds is 3. The molecule has 2 rings (SSSR count). The highest BCUT2D eigenvalue weighted by Crippen LogP contribution is 2.26. The van der Waals surface area contributed by atoms with Gasteiger partial charge in [0.2, 0.25) is 0 Å². The van der Waals surface area contributed by atoms with Gasteiger partial charge in [0, 0.05) is 11.3 Å². The Balaban J connectivity index is 2.18. The Kier molecular flexibility index (Phi) is 3.66. The number of carbonyl (C=O) groups is 1. The number of nitrogens with one attached hydrogen (secondary N) is 1. The van der Waals surface area contributed by atoms with Crippen molar-refractivity contribution < 1.29 is 14.6 Å². The summed E-state index contributed by atoms with van der Waals surface area (Å²) in [6.45, 7) is 1.84. The first-order valence-corrected chi connectivity index (χ1v) is 5.72. The SMILES string of the molecule is COc1ccc(C(=O)Nc2cccc(C)n2)cc1O. The number of aromatic hydroxyl groups is 1. The Hall–Kier alpha value is -2.56. The number of nitrogens with zero attached hydrogens (tertiary/aromatic N) is 1. The van der Waals surface area contributed by atoms with E-state index in [4.69, 9.17) is 4.74 Å². The zero-order chi connectivity index (χ0) is 13.8. The minimum atomic E-state index is -0.337. The van der Waals surface area contributed by atoms with Crippen LogP contribution in [-0.4, -0.2) is 23.1 Å². The van der Waals surface area contributed by atoms with Crippen LogP contribution in [0.15, 0.2) is 36.4 Å². The first-order chi connectivity index (χ1) is 9.10. The second-order valence-electron chi connectivity index (χ2n) is 4.00. The van der Waals surface area contributed by atoms with Crippen LogP contribution in [0.5, 0.6) is 11.5 Å². The van der Waals surface area contributed by atoms with Gasteiger partial charge in [-0.2, -0.15) is 0 Å². The van der Waals surface area contributed by atoms with Crippen molar-refractivity contribution in [2.45, 2.75) is 6.92 Å². The van der Waals surface area contributed by atoms with Crippen molar-refractivity contribution in [3.63, 3.8) is 0 Å². The summed E-state index contributed by atoms with van der Waals surface area (Å²) in [6.07, 6.45) is 0. The molecular formula is C14H14N2O3. The van der Waals surface area contributed by atoms with Gasteiger partial charge in [0.1, 0.15) is 5.82 Å². The molecule has 0 aliphatic carbocycles. The summed E-state index contributed by atoms with van der Waals surface area (Å²) in [4.78, 5) is 16.1. The van der Waals surface area contributed by atoms with Gasteiger partial charge in [-0.3, -0.25) is 4.79 Å².